The van der Waals surface area contributed by atoms with Crippen LogP contribution in [0.4, 0.5) is 0 Å². The van der Waals surface area contributed by atoms with Crippen LogP contribution >= 0.6 is 22.9 Å². The van der Waals surface area contributed by atoms with Crippen LogP contribution in [0.3, 0.4) is 0 Å². The standard InChI is InChI=1S/C8H7ClN2OS/c9-5-8-10-7(11-12-8)4-6-2-1-3-13-6/h1-3H,4-5H2. The molecule has 68 valence electrons. The molecule has 0 spiro atoms. The Kier molecular flexibility index (Phi) is 2.61. The van der Waals surface area contributed by atoms with Crippen LogP contribution in [0.25, 0.3) is 0 Å². The highest BCUT2D eigenvalue weighted by molar-refractivity contribution is 7.09. The summed E-state index contributed by atoms with van der Waals surface area (Å²) in [6.07, 6.45) is 0.720. The van der Waals surface area contributed by atoms with E-state index >= 15 is 0 Å². The molecular formula is C8H7ClN2OS. The van der Waals surface area contributed by atoms with E-state index in [2.05, 4.69) is 10.1 Å². The van der Waals surface area contributed by atoms with Gasteiger partial charge >= 0.3 is 0 Å². The van der Waals surface area contributed by atoms with E-state index < -0.39 is 0 Å². The van der Waals surface area contributed by atoms with Crippen molar-refractivity contribution in [2.24, 2.45) is 0 Å². The van der Waals surface area contributed by atoms with Gasteiger partial charge in [-0.15, -0.1) is 22.9 Å². The highest BCUT2D eigenvalue weighted by atomic mass is 35.5. The summed E-state index contributed by atoms with van der Waals surface area (Å²) < 4.78 is 4.87. The Bertz CT molecular complexity index is 371. The molecule has 0 unspecified atom stereocenters. The normalized spacial score (nSPS) is 10.5. The Morgan fingerprint density at radius 2 is 2.46 bits per heavy atom. The lowest BCUT2D eigenvalue weighted by atomic mass is 10.3. The molecule has 2 aromatic heterocycles. The predicted molar refractivity (Wildman–Crippen MR) is 51.0 cm³/mol. The van der Waals surface area contributed by atoms with Crippen LogP contribution < -0.4 is 0 Å². The smallest absolute Gasteiger partial charge is 0.241 e. The molecule has 0 fully saturated rings. The quantitative estimate of drug-likeness (QED) is 0.737. The van der Waals surface area contributed by atoms with E-state index in [1.54, 1.807) is 11.3 Å². The number of hydrogen-bond donors (Lipinski definition) is 0. The summed E-state index contributed by atoms with van der Waals surface area (Å²) in [5.41, 5.74) is 0. The fourth-order valence-corrected chi connectivity index (χ4v) is 1.80. The van der Waals surface area contributed by atoms with E-state index in [0.29, 0.717) is 11.7 Å². The Morgan fingerprint density at radius 1 is 1.54 bits per heavy atom. The van der Waals surface area contributed by atoms with Gasteiger partial charge in [0, 0.05) is 11.3 Å². The zero-order valence-electron chi connectivity index (χ0n) is 6.74. The molecule has 0 N–H and O–H groups in total. The highest BCUT2D eigenvalue weighted by Crippen LogP contribution is 2.13. The summed E-state index contributed by atoms with van der Waals surface area (Å²) >= 11 is 7.21. The third kappa shape index (κ3) is 2.08. The van der Waals surface area contributed by atoms with Crippen LogP contribution in [0, 0.1) is 0 Å². The lowest BCUT2D eigenvalue weighted by Gasteiger charge is -1.86. The maximum atomic E-state index is 5.53. The van der Waals surface area contributed by atoms with Gasteiger partial charge in [-0.05, 0) is 11.4 Å². The van der Waals surface area contributed by atoms with E-state index in [4.69, 9.17) is 16.1 Å². The van der Waals surface area contributed by atoms with Crippen molar-refractivity contribution in [3.05, 3.63) is 34.1 Å². The van der Waals surface area contributed by atoms with Crippen molar-refractivity contribution in [1.29, 1.82) is 0 Å². The van der Waals surface area contributed by atoms with Crippen LogP contribution in [0.15, 0.2) is 22.0 Å². The maximum absolute atomic E-state index is 5.53. The number of halogens is 1. The predicted octanol–water partition coefficient (Wildman–Crippen LogP) is 2.46. The van der Waals surface area contributed by atoms with Gasteiger partial charge in [0.15, 0.2) is 5.82 Å². The van der Waals surface area contributed by atoms with E-state index in [0.717, 1.165) is 6.42 Å². The van der Waals surface area contributed by atoms with Gasteiger partial charge in [-0.3, -0.25) is 0 Å². The first-order valence-corrected chi connectivity index (χ1v) is 5.19. The van der Waals surface area contributed by atoms with Crippen molar-refractivity contribution in [1.82, 2.24) is 10.1 Å². The van der Waals surface area contributed by atoms with Crippen LogP contribution in [-0.4, -0.2) is 10.1 Å². The second-order valence-corrected chi connectivity index (χ2v) is 3.79. The van der Waals surface area contributed by atoms with E-state index in [9.17, 15) is 0 Å². The third-order valence-corrected chi connectivity index (χ3v) is 2.64. The van der Waals surface area contributed by atoms with E-state index in [-0.39, 0.29) is 5.88 Å². The van der Waals surface area contributed by atoms with Crippen molar-refractivity contribution >= 4 is 22.9 Å². The monoisotopic (exact) mass is 214 g/mol. The molecule has 2 aromatic rings. The third-order valence-electron chi connectivity index (χ3n) is 1.54. The molecule has 0 bridgehead atoms. The molecule has 2 heterocycles. The van der Waals surface area contributed by atoms with Crippen LogP contribution in [0.1, 0.15) is 16.6 Å². The average molecular weight is 215 g/mol. The Labute approximate surface area is 84.3 Å². The van der Waals surface area contributed by atoms with E-state index in [1.807, 2.05) is 17.5 Å². The molecule has 0 saturated carbocycles. The molecule has 0 atom stereocenters. The Balaban J connectivity index is 2.10. The number of alkyl halides is 1. The lowest BCUT2D eigenvalue weighted by Crippen LogP contribution is -1.87. The van der Waals surface area contributed by atoms with Crippen LogP contribution in [-0.2, 0) is 12.3 Å². The number of hydrogen-bond acceptors (Lipinski definition) is 4. The summed E-state index contributed by atoms with van der Waals surface area (Å²) in [6, 6.07) is 4.05. The second kappa shape index (κ2) is 3.89. The molecule has 2 rings (SSSR count). The molecular weight excluding hydrogens is 208 g/mol. The molecule has 3 nitrogen and oxygen atoms in total. The van der Waals surface area contributed by atoms with Gasteiger partial charge in [-0.2, -0.15) is 4.98 Å². The minimum absolute atomic E-state index is 0.275. The zero-order chi connectivity index (χ0) is 9.10. The topological polar surface area (TPSA) is 38.9 Å². The van der Waals surface area contributed by atoms with Crippen molar-refractivity contribution in [2.45, 2.75) is 12.3 Å². The Morgan fingerprint density at radius 3 is 3.08 bits per heavy atom. The highest BCUT2D eigenvalue weighted by Gasteiger charge is 2.05. The number of nitrogens with zero attached hydrogens (tertiary/aromatic N) is 2. The number of thiophene rings is 1. The Hall–Kier alpha value is -0.870. The fraction of sp³-hybridized carbons (Fsp3) is 0.250. The van der Waals surface area contributed by atoms with Gasteiger partial charge < -0.3 is 4.52 Å². The second-order valence-electron chi connectivity index (χ2n) is 2.49. The first kappa shape index (κ1) is 8.72. The van der Waals surface area contributed by atoms with Gasteiger partial charge in [0.2, 0.25) is 5.89 Å². The minimum atomic E-state index is 0.275. The summed E-state index contributed by atoms with van der Waals surface area (Å²) in [5, 5.41) is 5.82. The van der Waals surface area contributed by atoms with E-state index in [1.165, 1.54) is 4.88 Å². The summed E-state index contributed by atoms with van der Waals surface area (Å²) in [5.74, 6) is 1.45. The van der Waals surface area contributed by atoms with Crippen molar-refractivity contribution < 1.29 is 4.52 Å². The van der Waals surface area contributed by atoms with Crippen molar-refractivity contribution in [3.63, 3.8) is 0 Å². The number of rotatable bonds is 3. The molecule has 0 radical (unpaired) electrons. The first-order chi connectivity index (χ1) is 6.38. The number of aromatic nitrogens is 2. The fourth-order valence-electron chi connectivity index (χ4n) is 0.985. The molecule has 0 aliphatic carbocycles. The van der Waals surface area contributed by atoms with Crippen molar-refractivity contribution in [2.75, 3.05) is 0 Å². The summed E-state index contributed by atoms with van der Waals surface area (Å²) in [4.78, 5) is 5.32. The zero-order valence-corrected chi connectivity index (χ0v) is 8.31. The van der Waals surface area contributed by atoms with Crippen LogP contribution in [0.5, 0.6) is 0 Å². The SMILES string of the molecule is ClCc1nc(Cc2cccs2)no1. The van der Waals surface area contributed by atoms with Crippen LogP contribution in [0.2, 0.25) is 0 Å². The molecule has 0 aromatic carbocycles. The molecule has 0 aliphatic heterocycles. The van der Waals surface area contributed by atoms with Gasteiger partial charge in [-0.25, -0.2) is 0 Å². The minimum Gasteiger partial charge on any atom is -0.338 e. The van der Waals surface area contributed by atoms with Gasteiger partial charge in [0.1, 0.15) is 5.88 Å². The molecule has 5 heteroatoms. The van der Waals surface area contributed by atoms with Gasteiger partial charge in [0.05, 0.1) is 0 Å². The molecule has 0 saturated heterocycles. The van der Waals surface area contributed by atoms with Crippen molar-refractivity contribution in [3.8, 4) is 0 Å². The lowest BCUT2D eigenvalue weighted by molar-refractivity contribution is 0.385. The first-order valence-electron chi connectivity index (χ1n) is 3.78. The molecule has 0 aliphatic rings. The largest absolute Gasteiger partial charge is 0.338 e. The summed E-state index contributed by atoms with van der Waals surface area (Å²) in [6.45, 7) is 0. The molecule has 0 amide bonds. The van der Waals surface area contributed by atoms with Gasteiger partial charge in [0.25, 0.3) is 0 Å². The average Bonchev–Trinajstić information content (AvgIpc) is 2.76. The maximum Gasteiger partial charge on any atom is 0.241 e. The summed E-state index contributed by atoms with van der Waals surface area (Å²) in [7, 11) is 0. The van der Waals surface area contributed by atoms with Gasteiger partial charge in [-0.1, -0.05) is 11.2 Å². The molecule has 13 heavy (non-hydrogen) atoms.